The van der Waals surface area contributed by atoms with Crippen LogP contribution in [0.15, 0.2) is 30.3 Å². The molecule has 0 saturated carbocycles. The molecule has 168 valence electrons. The van der Waals surface area contributed by atoms with Crippen molar-refractivity contribution in [2.45, 2.75) is 12.4 Å². The summed E-state index contributed by atoms with van der Waals surface area (Å²) in [5.41, 5.74) is -4.79. The standard InChI is InChI=1S/C19H15F6NO5/c1-29-14-7-12(17(28)31-3)13(8-15(14)30-2)26-16(27)9-4-10(18(20,21)22)6-11(5-9)19(23,24)25/h4-8H,1-3H3,(H,26,27). The maximum Gasteiger partial charge on any atom is 0.416 e. The van der Waals surface area contributed by atoms with Crippen molar-refractivity contribution >= 4 is 17.6 Å². The Morgan fingerprint density at radius 2 is 1.26 bits per heavy atom. The number of esters is 1. The zero-order chi connectivity index (χ0) is 23.6. The Morgan fingerprint density at radius 3 is 1.68 bits per heavy atom. The molecule has 0 fully saturated rings. The summed E-state index contributed by atoms with van der Waals surface area (Å²) in [6.45, 7) is 0. The Hall–Kier alpha value is -3.44. The first-order chi connectivity index (χ1) is 14.3. The molecule has 6 nitrogen and oxygen atoms in total. The van der Waals surface area contributed by atoms with E-state index in [1.807, 2.05) is 0 Å². The molecule has 1 amide bonds. The predicted molar refractivity (Wildman–Crippen MR) is 95.3 cm³/mol. The van der Waals surface area contributed by atoms with Gasteiger partial charge in [-0.2, -0.15) is 26.3 Å². The molecule has 0 atom stereocenters. The van der Waals surface area contributed by atoms with Crippen molar-refractivity contribution in [3.05, 3.63) is 52.6 Å². The van der Waals surface area contributed by atoms with Crippen molar-refractivity contribution in [3.8, 4) is 11.5 Å². The number of hydrogen-bond donors (Lipinski definition) is 1. The Balaban J connectivity index is 2.58. The first-order valence-electron chi connectivity index (χ1n) is 8.27. The minimum absolute atomic E-state index is 0.0328. The van der Waals surface area contributed by atoms with E-state index in [2.05, 4.69) is 10.1 Å². The molecule has 0 aliphatic carbocycles. The molecule has 2 aromatic carbocycles. The molecular formula is C19H15F6NO5. The highest BCUT2D eigenvalue weighted by molar-refractivity contribution is 6.08. The fraction of sp³-hybridized carbons (Fsp3) is 0.263. The van der Waals surface area contributed by atoms with Gasteiger partial charge in [-0.25, -0.2) is 4.79 Å². The van der Waals surface area contributed by atoms with E-state index in [0.717, 1.165) is 19.2 Å². The average molecular weight is 451 g/mol. The maximum atomic E-state index is 13.0. The van der Waals surface area contributed by atoms with Crippen LogP contribution in [0.4, 0.5) is 32.0 Å². The summed E-state index contributed by atoms with van der Waals surface area (Å²) in [4.78, 5) is 24.5. The van der Waals surface area contributed by atoms with E-state index in [1.165, 1.54) is 14.2 Å². The molecule has 0 aliphatic rings. The van der Waals surface area contributed by atoms with Gasteiger partial charge in [0.15, 0.2) is 11.5 Å². The van der Waals surface area contributed by atoms with Gasteiger partial charge in [0.25, 0.3) is 5.91 Å². The molecule has 2 aromatic rings. The van der Waals surface area contributed by atoms with Crippen LogP contribution in [0.2, 0.25) is 0 Å². The number of anilines is 1. The maximum absolute atomic E-state index is 13.0. The molecule has 0 aromatic heterocycles. The Morgan fingerprint density at radius 1 is 0.774 bits per heavy atom. The molecular weight excluding hydrogens is 436 g/mol. The van der Waals surface area contributed by atoms with E-state index in [9.17, 15) is 35.9 Å². The first-order valence-corrected chi connectivity index (χ1v) is 8.27. The molecule has 12 heteroatoms. The van der Waals surface area contributed by atoms with Crippen LogP contribution in [-0.4, -0.2) is 33.2 Å². The van der Waals surface area contributed by atoms with E-state index < -0.39 is 40.9 Å². The number of nitrogens with one attached hydrogen (secondary N) is 1. The molecule has 1 N–H and O–H groups in total. The van der Waals surface area contributed by atoms with Crippen LogP contribution < -0.4 is 14.8 Å². The van der Waals surface area contributed by atoms with Crippen LogP contribution in [0, 0.1) is 0 Å². The third kappa shape index (κ3) is 5.38. The van der Waals surface area contributed by atoms with Gasteiger partial charge < -0.3 is 19.5 Å². The van der Waals surface area contributed by atoms with Gasteiger partial charge in [-0.05, 0) is 18.2 Å². The lowest BCUT2D eigenvalue weighted by atomic mass is 10.0. The van der Waals surface area contributed by atoms with Crippen molar-refractivity contribution in [3.63, 3.8) is 0 Å². The van der Waals surface area contributed by atoms with Crippen molar-refractivity contribution in [2.24, 2.45) is 0 Å². The normalized spacial score (nSPS) is 11.6. The molecule has 0 bridgehead atoms. The number of amides is 1. The number of rotatable bonds is 5. The van der Waals surface area contributed by atoms with E-state index in [0.29, 0.717) is 0 Å². The fourth-order valence-corrected chi connectivity index (χ4v) is 2.54. The van der Waals surface area contributed by atoms with Crippen LogP contribution in [0.1, 0.15) is 31.8 Å². The van der Waals surface area contributed by atoms with Crippen molar-refractivity contribution < 1.29 is 50.1 Å². The third-order valence-electron chi connectivity index (χ3n) is 4.03. The molecule has 0 heterocycles. The molecule has 0 spiro atoms. The van der Waals surface area contributed by atoms with Gasteiger partial charge in [-0.3, -0.25) is 4.79 Å². The molecule has 0 unspecified atom stereocenters. The number of carbonyl (C=O) groups is 2. The number of carbonyl (C=O) groups excluding carboxylic acids is 2. The predicted octanol–water partition coefficient (Wildman–Crippen LogP) is 4.78. The SMILES string of the molecule is COC(=O)c1cc(OC)c(OC)cc1NC(=O)c1cc(C(F)(F)F)cc(C(F)(F)F)c1. The lowest BCUT2D eigenvalue weighted by molar-refractivity contribution is -0.143. The topological polar surface area (TPSA) is 73.9 Å². The third-order valence-corrected chi connectivity index (χ3v) is 4.03. The van der Waals surface area contributed by atoms with Gasteiger partial charge >= 0.3 is 18.3 Å². The zero-order valence-corrected chi connectivity index (χ0v) is 16.2. The highest BCUT2D eigenvalue weighted by Crippen LogP contribution is 2.37. The van der Waals surface area contributed by atoms with Crippen molar-refractivity contribution in [1.82, 2.24) is 0 Å². The number of ether oxygens (including phenoxy) is 3. The Labute approximate surface area is 171 Å². The Bertz CT molecular complexity index is 968. The average Bonchev–Trinajstić information content (AvgIpc) is 2.71. The summed E-state index contributed by atoms with van der Waals surface area (Å²) in [6, 6.07) is 2.67. The summed E-state index contributed by atoms with van der Waals surface area (Å²) in [7, 11) is 3.54. The second-order valence-corrected chi connectivity index (χ2v) is 5.99. The molecule has 2 rings (SSSR count). The van der Waals surface area contributed by atoms with Gasteiger partial charge in [0, 0.05) is 17.7 Å². The van der Waals surface area contributed by atoms with Crippen molar-refractivity contribution in [2.75, 3.05) is 26.6 Å². The number of halogens is 6. The lowest BCUT2D eigenvalue weighted by Crippen LogP contribution is -2.19. The largest absolute Gasteiger partial charge is 0.493 e. The first kappa shape index (κ1) is 23.8. The summed E-state index contributed by atoms with van der Waals surface area (Å²) in [5, 5.41) is 2.12. The fourth-order valence-electron chi connectivity index (χ4n) is 2.54. The zero-order valence-electron chi connectivity index (χ0n) is 16.2. The molecule has 0 aliphatic heterocycles. The highest BCUT2D eigenvalue weighted by Gasteiger charge is 2.37. The minimum Gasteiger partial charge on any atom is -0.493 e. The highest BCUT2D eigenvalue weighted by atomic mass is 19.4. The van der Waals surface area contributed by atoms with Gasteiger partial charge in [0.05, 0.1) is 43.7 Å². The number of methoxy groups -OCH3 is 3. The summed E-state index contributed by atoms with van der Waals surface area (Å²) >= 11 is 0. The van der Waals surface area contributed by atoms with E-state index in [4.69, 9.17) is 9.47 Å². The second kappa shape index (κ2) is 8.74. The number of alkyl halides is 6. The molecule has 31 heavy (non-hydrogen) atoms. The lowest BCUT2D eigenvalue weighted by Gasteiger charge is -2.16. The monoisotopic (exact) mass is 451 g/mol. The summed E-state index contributed by atoms with van der Waals surface area (Å²) < 4.78 is 92.8. The number of hydrogen-bond acceptors (Lipinski definition) is 5. The van der Waals surface area contributed by atoms with Crippen LogP contribution in [0.5, 0.6) is 11.5 Å². The Kier molecular flexibility index (Phi) is 6.72. The van der Waals surface area contributed by atoms with Gasteiger partial charge in [-0.1, -0.05) is 0 Å². The van der Waals surface area contributed by atoms with Crippen LogP contribution in [0.3, 0.4) is 0 Å². The van der Waals surface area contributed by atoms with E-state index >= 15 is 0 Å². The van der Waals surface area contributed by atoms with Gasteiger partial charge in [-0.15, -0.1) is 0 Å². The minimum atomic E-state index is -5.13. The van der Waals surface area contributed by atoms with E-state index in [1.54, 1.807) is 0 Å². The van der Waals surface area contributed by atoms with Crippen LogP contribution >= 0.6 is 0 Å². The molecule has 0 radical (unpaired) electrons. The summed E-state index contributed by atoms with van der Waals surface area (Å²) in [5.74, 6) is -2.17. The van der Waals surface area contributed by atoms with Crippen LogP contribution in [0.25, 0.3) is 0 Å². The smallest absolute Gasteiger partial charge is 0.416 e. The van der Waals surface area contributed by atoms with E-state index in [-0.39, 0.29) is 40.9 Å². The van der Waals surface area contributed by atoms with Gasteiger partial charge in [0.2, 0.25) is 0 Å². The number of benzene rings is 2. The molecule has 0 saturated heterocycles. The van der Waals surface area contributed by atoms with Crippen molar-refractivity contribution in [1.29, 1.82) is 0 Å². The second-order valence-electron chi connectivity index (χ2n) is 5.99. The summed E-state index contributed by atoms with van der Waals surface area (Å²) in [6.07, 6.45) is -10.3. The quantitative estimate of drug-likeness (QED) is 0.523. The van der Waals surface area contributed by atoms with Crippen LogP contribution in [-0.2, 0) is 17.1 Å². The van der Waals surface area contributed by atoms with Gasteiger partial charge in [0.1, 0.15) is 0 Å².